The molecule has 236 valence electrons. The molecule has 0 fully saturated rings. The van der Waals surface area contributed by atoms with E-state index in [9.17, 15) is 9.46 Å². The van der Waals surface area contributed by atoms with Gasteiger partial charge in [-0.15, -0.1) is 0 Å². The van der Waals surface area contributed by atoms with Gasteiger partial charge in [-0.2, -0.15) is 4.31 Å². The summed E-state index contributed by atoms with van der Waals surface area (Å²) in [5.41, 5.74) is 0.122. The van der Waals surface area contributed by atoms with Gasteiger partial charge in [0.1, 0.15) is 0 Å². The van der Waals surface area contributed by atoms with Gasteiger partial charge in [0, 0.05) is 6.66 Å². The number of hydrogen-bond donors (Lipinski definition) is 1. The van der Waals surface area contributed by atoms with Crippen LogP contribution < -0.4 is 0 Å². The van der Waals surface area contributed by atoms with Crippen molar-refractivity contribution in [2.75, 3.05) is 25.2 Å². The van der Waals surface area contributed by atoms with Crippen LogP contribution in [0.5, 0.6) is 0 Å². The topological polar surface area (TPSA) is 46.5 Å². The van der Waals surface area contributed by atoms with Crippen molar-refractivity contribution in [2.45, 2.75) is 189 Å². The van der Waals surface area contributed by atoms with Gasteiger partial charge in [0.2, 0.25) is 0 Å². The van der Waals surface area contributed by atoms with Gasteiger partial charge in [-0.1, -0.05) is 163 Å². The zero-order chi connectivity index (χ0) is 29.3. The number of unbranched alkanes of at least 4 members (excludes halogenated alkanes) is 22. The first kappa shape index (κ1) is 39.6. The summed E-state index contributed by atoms with van der Waals surface area (Å²) in [6.07, 6.45) is 35.3. The minimum Gasteiger partial charge on any atom is -0.322 e. The highest BCUT2D eigenvalue weighted by Crippen LogP contribution is 2.71. The Balaban J connectivity index is 4.41. The van der Waals surface area contributed by atoms with Crippen LogP contribution in [0, 0.1) is 5.41 Å². The summed E-state index contributed by atoms with van der Waals surface area (Å²) in [7, 11) is -5.40. The van der Waals surface area contributed by atoms with Crippen LogP contribution in [0.15, 0.2) is 0 Å². The third-order valence-electron chi connectivity index (χ3n) is 7.93. The first-order valence-electron chi connectivity index (χ1n) is 17.4. The lowest BCUT2D eigenvalue weighted by atomic mass is 10.0. The van der Waals surface area contributed by atoms with E-state index in [1.165, 1.54) is 148 Å². The van der Waals surface area contributed by atoms with Crippen molar-refractivity contribution in [1.29, 1.82) is 0 Å². The third-order valence-corrected chi connectivity index (χ3v) is 14.3. The molecule has 0 aromatic carbocycles. The van der Waals surface area contributed by atoms with Crippen molar-refractivity contribution >= 4 is 15.1 Å². The Morgan fingerprint density at radius 1 is 0.538 bits per heavy atom. The largest absolute Gasteiger partial charge is 0.358 e. The fourth-order valence-corrected chi connectivity index (χ4v) is 13.4. The highest BCUT2D eigenvalue weighted by Gasteiger charge is 2.46. The maximum atomic E-state index is 12.5. The first-order chi connectivity index (χ1) is 18.5. The average Bonchev–Trinajstić information content (AvgIpc) is 2.83. The molecule has 0 amide bonds. The molecule has 0 heterocycles. The lowest BCUT2D eigenvalue weighted by molar-refractivity contribution is 0.386. The zero-order valence-corrected chi connectivity index (χ0v) is 29.5. The molecule has 1 unspecified atom stereocenters. The lowest BCUT2D eigenvalue weighted by Crippen LogP contribution is -2.21. The van der Waals surface area contributed by atoms with Crippen LogP contribution in [0.2, 0.25) is 0 Å². The lowest BCUT2D eigenvalue weighted by Gasteiger charge is -2.32. The number of hydrogen-bond acceptors (Lipinski definition) is 2. The molecule has 0 saturated carbocycles. The maximum Gasteiger partial charge on any atom is 0.358 e. The maximum absolute atomic E-state index is 12.5. The van der Waals surface area contributed by atoms with Gasteiger partial charge in [0.15, 0.2) is 7.49 Å². The molecule has 1 atom stereocenters. The van der Waals surface area contributed by atoms with Crippen LogP contribution in [0.25, 0.3) is 0 Å². The molecule has 0 aliphatic carbocycles. The van der Waals surface area contributed by atoms with Gasteiger partial charge in [-0.3, -0.25) is 4.57 Å². The van der Waals surface area contributed by atoms with Crippen molar-refractivity contribution in [2.24, 2.45) is 5.41 Å². The van der Waals surface area contributed by atoms with Crippen LogP contribution in [-0.4, -0.2) is 30.0 Å². The quantitative estimate of drug-likeness (QED) is 0.0695. The summed E-state index contributed by atoms with van der Waals surface area (Å²) < 4.78 is 18.7. The van der Waals surface area contributed by atoms with Gasteiger partial charge in [-0.25, -0.2) is 0 Å². The second-order valence-corrected chi connectivity index (χ2v) is 19.5. The molecule has 1 N–H and O–H groups in total. The van der Waals surface area contributed by atoms with Crippen molar-refractivity contribution in [1.82, 2.24) is 0 Å². The Bertz CT molecular complexity index is 539. The normalized spacial score (nSPS) is 14.1. The van der Waals surface area contributed by atoms with Crippen LogP contribution in [0.1, 0.15) is 189 Å². The Kier molecular flexibility index (Phi) is 25.5. The van der Waals surface area contributed by atoms with Crippen LogP contribution in [0.3, 0.4) is 0 Å². The first-order valence-corrected chi connectivity index (χ1v) is 21.7. The molecule has 0 rings (SSSR count). The summed E-state index contributed by atoms with van der Waals surface area (Å²) in [4.78, 5) is 10.3. The molecule has 0 saturated heterocycles. The molecular weight excluding hydrogens is 518 g/mol. The molecule has 5 heteroatoms. The van der Waals surface area contributed by atoms with Crippen molar-refractivity contribution in [3.63, 3.8) is 0 Å². The predicted octanol–water partition coefficient (Wildman–Crippen LogP) is 13.2. The van der Waals surface area contributed by atoms with E-state index in [4.69, 9.17) is 4.31 Å². The van der Waals surface area contributed by atoms with Crippen molar-refractivity contribution in [3.05, 3.63) is 0 Å². The van der Waals surface area contributed by atoms with Gasteiger partial charge in [-0.05, 0) is 31.1 Å². The third kappa shape index (κ3) is 28.5. The van der Waals surface area contributed by atoms with Crippen molar-refractivity contribution in [3.8, 4) is 0 Å². The molecule has 0 aromatic heterocycles. The second kappa shape index (κ2) is 25.1. The molecule has 0 spiro atoms. The molecule has 0 aromatic rings. The average molecular weight is 592 g/mol. The van der Waals surface area contributed by atoms with Crippen LogP contribution in [0.4, 0.5) is 0 Å². The minimum atomic E-state index is -3.49. The van der Waals surface area contributed by atoms with E-state index in [1.54, 1.807) is 0 Å². The minimum absolute atomic E-state index is 0.122. The highest BCUT2D eigenvalue weighted by molar-refractivity contribution is 7.77. The summed E-state index contributed by atoms with van der Waals surface area (Å²) >= 11 is 0. The van der Waals surface area contributed by atoms with Gasteiger partial charge < -0.3 is 4.89 Å². The van der Waals surface area contributed by atoms with E-state index < -0.39 is 15.1 Å². The van der Waals surface area contributed by atoms with E-state index in [-0.39, 0.29) is 5.41 Å². The molecule has 0 bridgehead atoms. The Hall–Kier alpha value is 0.580. The fraction of sp³-hybridized carbons (Fsp3) is 1.00. The second-order valence-electron chi connectivity index (χ2n) is 13.9. The summed E-state index contributed by atoms with van der Waals surface area (Å²) in [5, 5.41) is 0. The van der Waals surface area contributed by atoms with E-state index >= 15 is 0 Å². The molecule has 3 nitrogen and oxygen atoms in total. The van der Waals surface area contributed by atoms with Crippen LogP contribution >= 0.6 is 15.1 Å². The Labute approximate surface area is 247 Å². The molecule has 0 aliphatic heterocycles. The van der Waals surface area contributed by atoms with Gasteiger partial charge in [0.25, 0.3) is 0 Å². The highest BCUT2D eigenvalue weighted by atomic mass is 31.3. The summed E-state index contributed by atoms with van der Waals surface area (Å²) in [6, 6.07) is 0. The summed E-state index contributed by atoms with van der Waals surface area (Å²) in [5.74, 6) is 0. The van der Waals surface area contributed by atoms with E-state index in [1.807, 2.05) is 0 Å². The standard InChI is InChI=1S/C34H72O3P2/c1-7-9-11-13-15-17-19-21-23-25-27-29-31-39(33-34(3,4)5,37-38(6,35)36)32-30-28-26-24-22-20-18-16-14-12-10-8-2/h7-33H2,1-6H3/p+1. The van der Waals surface area contributed by atoms with Gasteiger partial charge in [0.05, 0.1) is 18.5 Å². The van der Waals surface area contributed by atoms with Crippen LogP contribution in [-0.2, 0) is 8.88 Å². The fourth-order valence-electron chi connectivity index (χ4n) is 6.05. The monoisotopic (exact) mass is 592 g/mol. The Morgan fingerprint density at radius 3 is 1.03 bits per heavy atom. The molecular formula is C34H73O3P2+. The molecule has 0 aliphatic rings. The van der Waals surface area contributed by atoms with E-state index in [2.05, 4.69) is 34.6 Å². The summed E-state index contributed by atoms with van der Waals surface area (Å²) in [6.45, 7) is 12.8. The number of rotatable bonds is 29. The van der Waals surface area contributed by atoms with Crippen molar-refractivity contribution < 1.29 is 13.8 Å². The van der Waals surface area contributed by atoms with Gasteiger partial charge >= 0.3 is 7.60 Å². The zero-order valence-electron chi connectivity index (χ0n) is 27.8. The smallest absolute Gasteiger partial charge is 0.322 e. The SMILES string of the molecule is CCCCCCCCCCCCCC[P+](CCCCCCCCCCCCCC)(CC(C)(C)C)OP(C)(=O)O. The Morgan fingerprint density at radius 2 is 0.795 bits per heavy atom. The molecule has 0 radical (unpaired) electrons. The van der Waals surface area contributed by atoms with E-state index in [0.29, 0.717) is 0 Å². The van der Waals surface area contributed by atoms with E-state index in [0.717, 1.165) is 31.3 Å². The predicted molar refractivity (Wildman–Crippen MR) is 180 cm³/mol. The molecule has 39 heavy (non-hydrogen) atoms.